The number of fused-ring (bicyclic) bond motifs is 3. The SMILES string of the molecule is COC(=O)c1ccc(NC(=O)Cn2cnc3c(sc4cccc(F)c43)c2=O)cc1. The van der Waals surface area contributed by atoms with Crippen LogP contribution in [0.1, 0.15) is 10.4 Å². The van der Waals surface area contributed by atoms with Gasteiger partial charge in [-0.1, -0.05) is 6.07 Å². The molecule has 9 heteroatoms. The van der Waals surface area contributed by atoms with Gasteiger partial charge < -0.3 is 10.1 Å². The van der Waals surface area contributed by atoms with E-state index < -0.39 is 23.3 Å². The Labute approximate surface area is 167 Å². The van der Waals surface area contributed by atoms with Gasteiger partial charge in [-0.05, 0) is 36.4 Å². The molecule has 146 valence electrons. The van der Waals surface area contributed by atoms with E-state index in [2.05, 4.69) is 15.0 Å². The van der Waals surface area contributed by atoms with E-state index in [0.29, 0.717) is 31.6 Å². The number of halogens is 1. The van der Waals surface area contributed by atoms with Crippen molar-refractivity contribution in [2.24, 2.45) is 0 Å². The molecular weight excluding hydrogens is 397 g/mol. The van der Waals surface area contributed by atoms with Crippen molar-refractivity contribution in [1.82, 2.24) is 9.55 Å². The summed E-state index contributed by atoms with van der Waals surface area (Å²) >= 11 is 1.14. The molecule has 0 unspecified atom stereocenters. The second kappa shape index (κ2) is 7.44. The monoisotopic (exact) mass is 411 g/mol. The van der Waals surface area contributed by atoms with Crippen LogP contribution in [0, 0.1) is 5.82 Å². The number of carbonyl (C=O) groups is 2. The maximum absolute atomic E-state index is 14.1. The van der Waals surface area contributed by atoms with Crippen LogP contribution < -0.4 is 10.9 Å². The van der Waals surface area contributed by atoms with Gasteiger partial charge in [-0.2, -0.15) is 0 Å². The summed E-state index contributed by atoms with van der Waals surface area (Å²) < 4.78 is 20.8. The maximum atomic E-state index is 14.1. The summed E-state index contributed by atoms with van der Waals surface area (Å²) in [7, 11) is 1.28. The third-order valence-electron chi connectivity index (χ3n) is 4.32. The number of anilines is 1. The van der Waals surface area contributed by atoms with Gasteiger partial charge in [-0.3, -0.25) is 14.2 Å². The summed E-state index contributed by atoms with van der Waals surface area (Å²) in [6, 6.07) is 10.8. The Morgan fingerprint density at radius 1 is 1.21 bits per heavy atom. The molecule has 1 amide bonds. The number of nitrogens with zero attached hydrogens (tertiary/aromatic N) is 2. The predicted octanol–water partition coefficient (Wildman–Crippen LogP) is 3.18. The van der Waals surface area contributed by atoms with E-state index >= 15 is 0 Å². The second-order valence-corrected chi connectivity index (χ2v) is 7.24. The third kappa shape index (κ3) is 3.47. The number of hydrogen-bond donors (Lipinski definition) is 1. The van der Waals surface area contributed by atoms with E-state index in [1.54, 1.807) is 24.3 Å². The maximum Gasteiger partial charge on any atom is 0.337 e. The van der Waals surface area contributed by atoms with E-state index in [1.807, 2.05) is 0 Å². The Balaban J connectivity index is 1.57. The highest BCUT2D eigenvalue weighted by atomic mass is 32.1. The third-order valence-corrected chi connectivity index (χ3v) is 5.46. The number of amides is 1. The van der Waals surface area contributed by atoms with E-state index in [4.69, 9.17) is 0 Å². The number of nitrogens with one attached hydrogen (secondary N) is 1. The smallest absolute Gasteiger partial charge is 0.337 e. The molecule has 0 saturated carbocycles. The lowest BCUT2D eigenvalue weighted by Crippen LogP contribution is -2.27. The van der Waals surface area contributed by atoms with Crippen molar-refractivity contribution in [3.8, 4) is 0 Å². The van der Waals surface area contributed by atoms with Crippen LogP contribution in [-0.2, 0) is 16.1 Å². The first-order valence-electron chi connectivity index (χ1n) is 8.52. The standard InChI is InChI=1S/C20H14FN3O4S/c1-28-20(27)11-5-7-12(8-6-11)23-15(25)9-24-10-22-17-16-13(21)3-2-4-14(16)29-18(17)19(24)26/h2-8,10H,9H2,1H3,(H,23,25). The number of methoxy groups -OCH3 is 1. The Morgan fingerprint density at radius 3 is 2.69 bits per heavy atom. The summed E-state index contributed by atoms with van der Waals surface area (Å²) in [5.41, 5.74) is 0.706. The molecule has 0 spiro atoms. The van der Waals surface area contributed by atoms with Crippen LogP contribution in [0.4, 0.5) is 10.1 Å². The average Bonchev–Trinajstić information content (AvgIpc) is 3.11. The minimum Gasteiger partial charge on any atom is -0.465 e. The zero-order chi connectivity index (χ0) is 20.5. The molecule has 0 radical (unpaired) electrons. The lowest BCUT2D eigenvalue weighted by Gasteiger charge is -2.08. The Morgan fingerprint density at radius 2 is 1.97 bits per heavy atom. The van der Waals surface area contributed by atoms with Crippen LogP contribution in [0.25, 0.3) is 20.3 Å². The van der Waals surface area contributed by atoms with Crippen molar-refractivity contribution in [3.63, 3.8) is 0 Å². The van der Waals surface area contributed by atoms with Crippen molar-refractivity contribution in [2.45, 2.75) is 6.54 Å². The highest BCUT2D eigenvalue weighted by molar-refractivity contribution is 7.25. The second-order valence-electron chi connectivity index (χ2n) is 6.19. The molecular formula is C20H14FN3O4S. The van der Waals surface area contributed by atoms with Gasteiger partial charge in [0.05, 0.1) is 29.9 Å². The van der Waals surface area contributed by atoms with E-state index in [-0.39, 0.29) is 6.54 Å². The van der Waals surface area contributed by atoms with Crippen LogP contribution in [0.3, 0.4) is 0 Å². The van der Waals surface area contributed by atoms with Crippen LogP contribution in [-0.4, -0.2) is 28.5 Å². The number of carbonyl (C=O) groups excluding carboxylic acids is 2. The Bertz CT molecular complexity index is 1310. The first-order valence-corrected chi connectivity index (χ1v) is 9.34. The molecule has 0 bridgehead atoms. The molecule has 29 heavy (non-hydrogen) atoms. The molecule has 4 aromatic rings. The molecule has 0 aliphatic heterocycles. The van der Waals surface area contributed by atoms with Crippen molar-refractivity contribution >= 4 is 49.2 Å². The molecule has 0 fully saturated rings. The Kier molecular flexibility index (Phi) is 4.81. The van der Waals surface area contributed by atoms with E-state index in [1.165, 1.54) is 36.2 Å². The van der Waals surface area contributed by atoms with Gasteiger partial charge in [0, 0.05) is 10.4 Å². The molecule has 0 saturated heterocycles. The molecule has 2 heterocycles. The van der Waals surface area contributed by atoms with Crippen molar-refractivity contribution in [1.29, 1.82) is 0 Å². The fraction of sp³-hybridized carbons (Fsp3) is 0.100. The van der Waals surface area contributed by atoms with Crippen LogP contribution >= 0.6 is 11.3 Å². The highest BCUT2D eigenvalue weighted by Crippen LogP contribution is 2.31. The number of benzene rings is 2. The molecule has 0 aliphatic rings. The number of rotatable bonds is 4. The lowest BCUT2D eigenvalue weighted by molar-refractivity contribution is -0.116. The summed E-state index contributed by atoms with van der Waals surface area (Å²) in [5.74, 6) is -1.36. The molecule has 4 rings (SSSR count). The van der Waals surface area contributed by atoms with Crippen molar-refractivity contribution < 1.29 is 18.7 Å². The molecule has 1 N–H and O–H groups in total. The minimum absolute atomic E-state index is 0.253. The molecule has 2 aromatic carbocycles. The van der Waals surface area contributed by atoms with Gasteiger partial charge in [0.2, 0.25) is 5.91 Å². The van der Waals surface area contributed by atoms with Crippen molar-refractivity contribution in [2.75, 3.05) is 12.4 Å². The number of esters is 1. The minimum atomic E-state index is -0.478. The summed E-state index contributed by atoms with van der Waals surface area (Å²) in [6.45, 7) is -0.253. The normalized spacial score (nSPS) is 11.0. The fourth-order valence-electron chi connectivity index (χ4n) is 2.94. The number of ether oxygens (including phenoxy) is 1. The first kappa shape index (κ1) is 18.8. The van der Waals surface area contributed by atoms with E-state index in [0.717, 1.165) is 11.3 Å². The van der Waals surface area contributed by atoms with Crippen LogP contribution in [0.15, 0.2) is 53.6 Å². The Hall–Kier alpha value is -3.59. The first-order chi connectivity index (χ1) is 14.0. The zero-order valence-corrected chi connectivity index (χ0v) is 16.0. The van der Waals surface area contributed by atoms with Gasteiger partial charge in [0.1, 0.15) is 17.1 Å². The van der Waals surface area contributed by atoms with Crippen LogP contribution in [0.2, 0.25) is 0 Å². The molecule has 2 aromatic heterocycles. The zero-order valence-electron chi connectivity index (χ0n) is 15.1. The number of aromatic nitrogens is 2. The molecule has 0 aliphatic carbocycles. The topological polar surface area (TPSA) is 90.3 Å². The average molecular weight is 411 g/mol. The quantitative estimate of drug-likeness (QED) is 0.521. The van der Waals surface area contributed by atoms with Gasteiger partial charge in [-0.25, -0.2) is 14.2 Å². The van der Waals surface area contributed by atoms with Gasteiger partial charge in [0.15, 0.2) is 0 Å². The highest BCUT2D eigenvalue weighted by Gasteiger charge is 2.16. The predicted molar refractivity (Wildman–Crippen MR) is 108 cm³/mol. The fourth-order valence-corrected chi connectivity index (χ4v) is 4.06. The number of hydrogen-bond acceptors (Lipinski definition) is 6. The largest absolute Gasteiger partial charge is 0.465 e. The lowest BCUT2D eigenvalue weighted by atomic mass is 10.2. The summed E-state index contributed by atoms with van der Waals surface area (Å²) in [6.07, 6.45) is 1.24. The van der Waals surface area contributed by atoms with E-state index in [9.17, 15) is 18.8 Å². The summed E-state index contributed by atoms with van der Waals surface area (Å²) in [5, 5.41) is 2.96. The van der Waals surface area contributed by atoms with Crippen LogP contribution in [0.5, 0.6) is 0 Å². The number of thiophene rings is 1. The van der Waals surface area contributed by atoms with Crippen molar-refractivity contribution in [3.05, 3.63) is 70.5 Å². The van der Waals surface area contributed by atoms with Gasteiger partial charge in [0.25, 0.3) is 5.56 Å². The molecule has 7 nitrogen and oxygen atoms in total. The van der Waals surface area contributed by atoms with Gasteiger partial charge >= 0.3 is 5.97 Å². The summed E-state index contributed by atoms with van der Waals surface area (Å²) in [4.78, 5) is 40.7. The molecule has 0 atom stereocenters. The van der Waals surface area contributed by atoms with Gasteiger partial charge in [-0.15, -0.1) is 11.3 Å².